The summed E-state index contributed by atoms with van der Waals surface area (Å²) in [6, 6.07) is 12.6. The molecule has 2 aromatic rings. The van der Waals surface area contributed by atoms with Gasteiger partial charge in [0.25, 0.3) is 0 Å². The van der Waals surface area contributed by atoms with Crippen molar-refractivity contribution in [2.75, 3.05) is 35.1 Å². The van der Waals surface area contributed by atoms with E-state index in [0.717, 1.165) is 42.9 Å². The van der Waals surface area contributed by atoms with E-state index in [1.54, 1.807) is 6.92 Å². The summed E-state index contributed by atoms with van der Waals surface area (Å²) in [6.07, 6.45) is 4.32. The van der Waals surface area contributed by atoms with E-state index in [4.69, 9.17) is 0 Å². The Labute approximate surface area is 184 Å². The predicted molar refractivity (Wildman–Crippen MR) is 122 cm³/mol. The zero-order chi connectivity index (χ0) is 22.4. The van der Waals surface area contributed by atoms with Crippen LogP contribution in [0.25, 0.3) is 0 Å². The van der Waals surface area contributed by atoms with E-state index >= 15 is 0 Å². The van der Waals surface area contributed by atoms with E-state index in [-0.39, 0.29) is 11.6 Å². The second-order valence-corrected chi connectivity index (χ2v) is 9.68. The molecule has 0 bridgehead atoms. The standard InChI is InChI=1S/C23H30FN3O3S/c1-3-21(27(31(2,29)30)20-13-11-19(24)12-14-20)23(28)25-15-7-17-26-16-6-9-18-8-4-5-10-22(18)26/h4-5,8,10-14,21H,3,6-7,9,15-17H2,1-2H3,(H,25,28). The Morgan fingerprint density at radius 3 is 2.58 bits per heavy atom. The second-order valence-electron chi connectivity index (χ2n) is 7.82. The Balaban J connectivity index is 1.61. The van der Waals surface area contributed by atoms with Crippen molar-refractivity contribution in [2.45, 2.75) is 38.6 Å². The summed E-state index contributed by atoms with van der Waals surface area (Å²) in [5.74, 6) is -0.815. The van der Waals surface area contributed by atoms with Gasteiger partial charge in [0.05, 0.1) is 11.9 Å². The largest absolute Gasteiger partial charge is 0.371 e. The highest BCUT2D eigenvalue weighted by atomic mass is 32.2. The van der Waals surface area contributed by atoms with Gasteiger partial charge in [-0.1, -0.05) is 25.1 Å². The average Bonchev–Trinajstić information content (AvgIpc) is 2.75. The Kier molecular flexibility index (Phi) is 7.54. The molecule has 1 N–H and O–H groups in total. The topological polar surface area (TPSA) is 69.7 Å². The van der Waals surface area contributed by atoms with Gasteiger partial charge in [0, 0.05) is 25.3 Å². The summed E-state index contributed by atoms with van der Waals surface area (Å²) in [5, 5.41) is 2.89. The maximum absolute atomic E-state index is 13.3. The maximum atomic E-state index is 13.3. The van der Waals surface area contributed by atoms with Crippen molar-refractivity contribution in [1.29, 1.82) is 0 Å². The zero-order valence-electron chi connectivity index (χ0n) is 18.1. The minimum atomic E-state index is -3.73. The van der Waals surface area contributed by atoms with Crippen LogP contribution in [0, 0.1) is 5.82 Å². The number of rotatable bonds is 9. The summed E-state index contributed by atoms with van der Waals surface area (Å²) in [6.45, 7) is 4.03. The summed E-state index contributed by atoms with van der Waals surface area (Å²) in [4.78, 5) is 15.2. The maximum Gasteiger partial charge on any atom is 0.243 e. The molecule has 1 amide bonds. The molecule has 0 spiro atoms. The highest BCUT2D eigenvalue weighted by Crippen LogP contribution is 2.26. The summed E-state index contributed by atoms with van der Waals surface area (Å²) in [7, 11) is -3.73. The van der Waals surface area contributed by atoms with Crippen molar-refractivity contribution in [3.63, 3.8) is 0 Å². The molecule has 6 nitrogen and oxygen atoms in total. The van der Waals surface area contributed by atoms with Gasteiger partial charge in [0.15, 0.2) is 0 Å². The van der Waals surface area contributed by atoms with Crippen LogP contribution in [-0.2, 0) is 21.2 Å². The van der Waals surface area contributed by atoms with Crippen LogP contribution in [0.2, 0.25) is 0 Å². The molecule has 8 heteroatoms. The zero-order valence-corrected chi connectivity index (χ0v) is 18.9. The monoisotopic (exact) mass is 447 g/mol. The van der Waals surface area contributed by atoms with Gasteiger partial charge in [0.2, 0.25) is 15.9 Å². The summed E-state index contributed by atoms with van der Waals surface area (Å²) >= 11 is 0. The number of nitrogens with zero attached hydrogens (tertiary/aromatic N) is 2. The average molecular weight is 448 g/mol. The molecule has 0 saturated carbocycles. The number of sulfonamides is 1. The van der Waals surface area contributed by atoms with Crippen LogP contribution in [0.4, 0.5) is 15.8 Å². The van der Waals surface area contributed by atoms with Crippen LogP contribution in [-0.4, -0.2) is 46.3 Å². The first-order valence-electron chi connectivity index (χ1n) is 10.7. The fourth-order valence-corrected chi connectivity index (χ4v) is 5.30. The number of para-hydroxylation sites is 1. The van der Waals surface area contributed by atoms with E-state index in [9.17, 15) is 17.6 Å². The van der Waals surface area contributed by atoms with E-state index in [2.05, 4.69) is 28.4 Å². The minimum absolute atomic E-state index is 0.274. The Morgan fingerprint density at radius 2 is 1.90 bits per heavy atom. The number of fused-ring (bicyclic) bond motifs is 1. The number of halogens is 1. The molecule has 3 rings (SSSR count). The van der Waals surface area contributed by atoms with Gasteiger partial charge in [0.1, 0.15) is 11.9 Å². The summed E-state index contributed by atoms with van der Waals surface area (Å²) in [5.41, 5.74) is 2.88. The number of benzene rings is 2. The predicted octanol–water partition coefficient (Wildman–Crippen LogP) is 3.33. The molecular weight excluding hydrogens is 417 g/mol. The minimum Gasteiger partial charge on any atom is -0.371 e. The van der Waals surface area contributed by atoms with E-state index < -0.39 is 21.9 Å². The Hall–Kier alpha value is -2.61. The number of aryl methyl sites for hydroxylation is 1. The third kappa shape index (κ3) is 5.76. The van der Waals surface area contributed by atoms with Crippen molar-refractivity contribution in [2.24, 2.45) is 0 Å². The number of nitrogens with one attached hydrogen (secondary N) is 1. The van der Waals surface area contributed by atoms with Gasteiger partial charge in [-0.2, -0.15) is 0 Å². The molecule has 1 unspecified atom stereocenters. The highest BCUT2D eigenvalue weighted by molar-refractivity contribution is 7.92. The molecule has 2 aromatic carbocycles. The number of amides is 1. The van der Waals surface area contributed by atoms with Crippen molar-refractivity contribution >= 4 is 27.3 Å². The van der Waals surface area contributed by atoms with Crippen LogP contribution < -0.4 is 14.5 Å². The van der Waals surface area contributed by atoms with Gasteiger partial charge in [-0.25, -0.2) is 12.8 Å². The third-order valence-corrected chi connectivity index (χ3v) is 6.70. The molecule has 1 aliphatic rings. The first-order chi connectivity index (χ1) is 14.8. The van der Waals surface area contributed by atoms with Crippen molar-refractivity contribution in [3.05, 3.63) is 59.9 Å². The van der Waals surface area contributed by atoms with Crippen molar-refractivity contribution in [1.82, 2.24) is 5.32 Å². The molecule has 0 radical (unpaired) electrons. The van der Waals surface area contributed by atoms with Crippen LogP contribution in [0.15, 0.2) is 48.5 Å². The second kappa shape index (κ2) is 10.1. The van der Waals surface area contributed by atoms with Crippen LogP contribution in [0.5, 0.6) is 0 Å². The molecule has 1 heterocycles. The number of anilines is 2. The fourth-order valence-electron chi connectivity index (χ4n) is 4.09. The number of hydrogen-bond donors (Lipinski definition) is 1. The summed E-state index contributed by atoms with van der Waals surface area (Å²) < 4.78 is 39.2. The molecule has 0 fully saturated rings. The van der Waals surface area contributed by atoms with Gasteiger partial charge in [-0.15, -0.1) is 0 Å². The number of carbonyl (C=O) groups excluding carboxylic acids is 1. The SMILES string of the molecule is CCC(C(=O)NCCCN1CCCc2ccccc21)N(c1ccc(F)cc1)S(C)(=O)=O. The molecule has 0 saturated heterocycles. The van der Waals surface area contributed by atoms with E-state index in [1.165, 1.54) is 35.5 Å². The Morgan fingerprint density at radius 1 is 1.19 bits per heavy atom. The quantitative estimate of drug-likeness (QED) is 0.599. The number of carbonyl (C=O) groups is 1. The normalized spacial score (nSPS) is 14.6. The van der Waals surface area contributed by atoms with Crippen LogP contribution in [0.3, 0.4) is 0 Å². The van der Waals surface area contributed by atoms with Crippen molar-refractivity contribution < 1.29 is 17.6 Å². The molecule has 1 atom stereocenters. The molecule has 1 aliphatic heterocycles. The lowest BCUT2D eigenvalue weighted by Gasteiger charge is -2.32. The lowest BCUT2D eigenvalue weighted by Crippen LogP contribution is -2.49. The van der Waals surface area contributed by atoms with Crippen LogP contribution >= 0.6 is 0 Å². The molecule has 168 valence electrons. The van der Waals surface area contributed by atoms with Gasteiger partial charge >= 0.3 is 0 Å². The first kappa shape index (κ1) is 23.1. The fraction of sp³-hybridized carbons (Fsp3) is 0.435. The Bertz CT molecular complexity index is 995. The highest BCUT2D eigenvalue weighted by Gasteiger charge is 2.31. The number of hydrogen-bond acceptors (Lipinski definition) is 4. The lowest BCUT2D eigenvalue weighted by atomic mass is 10.0. The first-order valence-corrected chi connectivity index (χ1v) is 12.5. The lowest BCUT2D eigenvalue weighted by molar-refractivity contribution is -0.122. The van der Waals surface area contributed by atoms with Gasteiger partial charge < -0.3 is 10.2 Å². The van der Waals surface area contributed by atoms with Gasteiger partial charge in [-0.05, 0) is 61.6 Å². The van der Waals surface area contributed by atoms with E-state index in [0.29, 0.717) is 13.0 Å². The van der Waals surface area contributed by atoms with Crippen LogP contribution in [0.1, 0.15) is 31.7 Å². The molecule has 31 heavy (non-hydrogen) atoms. The smallest absolute Gasteiger partial charge is 0.243 e. The molecule has 0 aliphatic carbocycles. The van der Waals surface area contributed by atoms with Gasteiger partial charge in [-0.3, -0.25) is 9.10 Å². The molecular formula is C23H30FN3O3S. The third-order valence-electron chi connectivity index (χ3n) is 5.52. The molecule has 0 aromatic heterocycles. The van der Waals surface area contributed by atoms with E-state index in [1.807, 2.05) is 6.07 Å². The van der Waals surface area contributed by atoms with Crippen molar-refractivity contribution in [3.8, 4) is 0 Å².